The highest BCUT2D eigenvalue weighted by molar-refractivity contribution is 5.81. The lowest BCUT2D eigenvalue weighted by molar-refractivity contribution is 0.242. The standard InChI is InChI=1S/C28H27FN6/c1-34-25-13-12-23(29)18-24(25)33-26(34)28(22-10-6-3-7-11-22)14-16-35(17-15-28)27(32-20-30)31-19-21-8-4-2-5-9-21/h2-13,18H,14-17,19H2,1H3,(H,31,32). The third-order valence-electron chi connectivity index (χ3n) is 6.94. The van der Waals surface area contributed by atoms with Crippen LogP contribution in [-0.4, -0.2) is 33.5 Å². The minimum absolute atomic E-state index is 0.285. The summed E-state index contributed by atoms with van der Waals surface area (Å²) in [5.41, 5.74) is 3.52. The number of hydrogen-bond acceptors (Lipinski definition) is 3. The van der Waals surface area contributed by atoms with Crippen LogP contribution in [0.25, 0.3) is 11.0 Å². The normalized spacial score (nSPS) is 15.7. The molecule has 7 heteroatoms. The van der Waals surface area contributed by atoms with Crippen LogP contribution >= 0.6 is 0 Å². The fourth-order valence-electron chi connectivity index (χ4n) is 5.12. The molecular weight excluding hydrogens is 439 g/mol. The van der Waals surface area contributed by atoms with E-state index in [9.17, 15) is 9.65 Å². The highest BCUT2D eigenvalue weighted by Crippen LogP contribution is 2.42. The molecule has 0 radical (unpaired) electrons. The van der Waals surface area contributed by atoms with Crippen LogP contribution in [0.5, 0.6) is 0 Å². The van der Waals surface area contributed by atoms with E-state index < -0.39 is 0 Å². The first-order valence-corrected chi connectivity index (χ1v) is 11.8. The fourth-order valence-corrected chi connectivity index (χ4v) is 5.12. The molecule has 0 aliphatic carbocycles. The molecule has 5 rings (SSSR count). The lowest BCUT2D eigenvalue weighted by atomic mass is 9.72. The lowest BCUT2D eigenvalue weighted by Gasteiger charge is -2.42. The van der Waals surface area contributed by atoms with Gasteiger partial charge in [-0.3, -0.25) is 5.32 Å². The number of aliphatic imine (C=N–C) groups is 1. The minimum atomic E-state index is -0.334. The van der Waals surface area contributed by atoms with Crippen molar-refractivity contribution >= 4 is 17.0 Å². The van der Waals surface area contributed by atoms with Crippen molar-refractivity contribution in [3.05, 3.63) is 102 Å². The van der Waals surface area contributed by atoms with Gasteiger partial charge >= 0.3 is 0 Å². The van der Waals surface area contributed by atoms with Gasteiger partial charge in [-0.2, -0.15) is 5.26 Å². The molecule has 1 N–H and O–H groups in total. The molecule has 176 valence electrons. The maximum Gasteiger partial charge on any atom is 0.207 e. The second-order valence-electron chi connectivity index (χ2n) is 8.92. The number of rotatable bonds is 4. The zero-order chi connectivity index (χ0) is 24.3. The number of hydrogen-bond donors (Lipinski definition) is 1. The Labute approximate surface area is 204 Å². The summed E-state index contributed by atoms with van der Waals surface area (Å²) in [7, 11) is 2.00. The van der Waals surface area contributed by atoms with Gasteiger partial charge in [0, 0.05) is 26.2 Å². The van der Waals surface area contributed by atoms with Crippen molar-refractivity contribution in [1.82, 2.24) is 19.8 Å². The average molecular weight is 467 g/mol. The zero-order valence-corrected chi connectivity index (χ0v) is 19.7. The molecule has 0 bridgehead atoms. The average Bonchev–Trinajstić information content (AvgIpc) is 3.23. The number of nitrogens with one attached hydrogen (secondary N) is 1. The Bertz CT molecular complexity index is 1380. The molecule has 1 aromatic heterocycles. The summed E-state index contributed by atoms with van der Waals surface area (Å²) in [6.45, 7) is 1.91. The van der Waals surface area contributed by atoms with E-state index in [-0.39, 0.29) is 11.2 Å². The summed E-state index contributed by atoms with van der Waals surface area (Å²) in [5, 5.41) is 12.1. The topological polar surface area (TPSA) is 69.2 Å². The summed E-state index contributed by atoms with van der Waals surface area (Å²) in [6, 6.07) is 25.2. The predicted octanol–water partition coefficient (Wildman–Crippen LogP) is 4.72. The van der Waals surface area contributed by atoms with Crippen molar-refractivity contribution in [2.45, 2.75) is 24.8 Å². The first kappa shape index (κ1) is 22.6. The summed E-state index contributed by atoms with van der Waals surface area (Å²) < 4.78 is 16.0. The third-order valence-corrected chi connectivity index (χ3v) is 6.94. The Morgan fingerprint density at radius 2 is 1.74 bits per heavy atom. The number of fused-ring (bicyclic) bond motifs is 1. The number of likely N-dealkylation sites (tertiary alicyclic amines) is 1. The van der Waals surface area contributed by atoms with Gasteiger partial charge in [-0.15, -0.1) is 0 Å². The lowest BCUT2D eigenvalue weighted by Crippen LogP contribution is -2.49. The Kier molecular flexibility index (Phi) is 6.19. The van der Waals surface area contributed by atoms with Crippen molar-refractivity contribution < 1.29 is 4.39 Å². The van der Waals surface area contributed by atoms with Gasteiger partial charge < -0.3 is 9.47 Å². The number of halogens is 1. The van der Waals surface area contributed by atoms with Crippen LogP contribution in [0.2, 0.25) is 0 Å². The molecule has 0 atom stereocenters. The van der Waals surface area contributed by atoms with E-state index in [1.54, 1.807) is 6.07 Å². The summed E-state index contributed by atoms with van der Waals surface area (Å²) in [6.07, 6.45) is 3.61. The molecule has 0 amide bonds. The molecule has 6 nitrogen and oxygen atoms in total. The van der Waals surface area contributed by atoms with Crippen molar-refractivity contribution in [3.63, 3.8) is 0 Å². The van der Waals surface area contributed by atoms with E-state index in [0.29, 0.717) is 31.1 Å². The van der Waals surface area contributed by atoms with Gasteiger partial charge in [0.1, 0.15) is 11.6 Å². The van der Waals surface area contributed by atoms with Crippen molar-refractivity contribution in [2.24, 2.45) is 12.0 Å². The number of nitriles is 1. The number of nitrogens with zero attached hydrogens (tertiary/aromatic N) is 5. The molecule has 0 spiro atoms. The molecule has 4 aromatic rings. The van der Waals surface area contributed by atoms with Crippen LogP contribution in [0.15, 0.2) is 83.9 Å². The SMILES string of the molecule is Cn1c(C2(c3ccccc3)CCN(C(=NCc3ccccc3)NC#N)CC2)nc2cc(F)ccc21. The van der Waals surface area contributed by atoms with Crippen LogP contribution in [0.3, 0.4) is 0 Å². The second-order valence-corrected chi connectivity index (χ2v) is 8.92. The highest BCUT2D eigenvalue weighted by Gasteiger charge is 2.42. The highest BCUT2D eigenvalue weighted by atomic mass is 19.1. The molecule has 35 heavy (non-hydrogen) atoms. The van der Waals surface area contributed by atoms with Crippen molar-refractivity contribution in [3.8, 4) is 6.19 Å². The van der Waals surface area contributed by atoms with E-state index in [1.165, 1.54) is 17.7 Å². The molecular formula is C28H27FN6. The fraction of sp³-hybridized carbons (Fsp3) is 0.250. The Hall–Kier alpha value is -4.18. The third kappa shape index (κ3) is 4.35. The number of guanidine groups is 1. The predicted molar refractivity (Wildman–Crippen MR) is 135 cm³/mol. The van der Waals surface area contributed by atoms with E-state index in [4.69, 9.17) is 9.98 Å². The summed E-state index contributed by atoms with van der Waals surface area (Å²) in [5.74, 6) is 1.23. The van der Waals surface area contributed by atoms with Crippen LogP contribution in [-0.2, 0) is 19.0 Å². The molecule has 1 aliphatic rings. The number of imidazole rings is 1. The number of aryl methyl sites for hydroxylation is 1. The summed E-state index contributed by atoms with van der Waals surface area (Å²) in [4.78, 5) is 11.8. The maximum absolute atomic E-state index is 13.9. The van der Waals surface area contributed by atoms with Gasteiger partial charge in [0.05, 0.1) is 23.0 Å². The second kappa shape index (κ2) is 9.59. The van der Waals surface area contributed by atoms with Gasteiger partial charge in [-0.05, 0) is 36.1 Å². The largest absolute Gasteiger partial charge is 0.342 e. The van der Waals surface area contributed by atoms with Crippen LogP contribution in [0.1, 0.15) is 29.8 Å². The Balaban J connectivity index is 1.48. The van der Waals surface area contributed by atoms with Crippen LogP contribution in [0.4, 0.5) is 4.39 Å². The molecule has 2 heterocycles. The van der Waals surface area contributed by atoms with Gasteiger partial charge in [0.25, 0.3) is 0 Å². The molecule has 0 saturated carbocycles. The first-order chi connectivity index (χ1) is 17.1. The van der Waals surface area contributed by atoms with Crippen molar-refractivity contribution in [2.75, 3.05) is 13.1 Å². The smallest absolute Gasteiger partial charge is 0.207 e. The van der Waals surface area contributed by atoms with E-state index >= 15 is 0 Å². The minimum Gasteiger partial charge on any atom is -0.342 e. The van der Waals surface area contributed by atoms with E-state index in [0.717, 1.165) is 29.7 Å². The Morgan fingerprint density at radius 3 is 2.43 bits per heavy atom. The van der Waals surface area contributed by atoms with Crippen LogP contribution < -0.4 is 5.32 Å². The van der Waals surface area contributed by atoms with Gasteiger partial charge in [0.15, 0.2) is 6.19 Å². The van der Waals surface area contributed by atoms with Gasteiger partial charge in [-0.25, -0.2) is 14.4 Å². The van der Waals surface area contributed by atoms with Gasteiger partial charge in [0.2, 0.25) is 5.96 Å². The summed E-state index contributed by atoms with van der Waals surface area (Å²) >= 11 is 0. The number of aromatic nitrogens is 2. The molecule has 0 unspecified atom stereocenters. The molecule has 3 aromatic carbocycles. The first-order valence-electron chi connectivity index (χ1n) is 11.8. The van der Waals surface area contributed by atoms with E-state index in [1.807, 2.05) is 49.6 Å². The monoisotopic (exact) mass is 466 g/mol. The molecule has 1 saturated heterocycles. The molecule has 1 fully saturated rings. The maximum atomic E-state index is 13.9. The van der Waals surface area contributed by atoms with Gasteiger partial charge in [-0.1, -0.05) is 60.7 Å². The van der Waals surface area contributed by atoms with E-state index in [2.05, 4.69) is 39.0 Å². The van der Waals surface area contributed by atoms with Crippen LogP contribution in [0, 0.1) is 17.3 Å². The molecule has 1 aliphatic heterocycles. The zero-order valence-electron chi connectivity index (χ0n) is 19.7. The quantitative estimate of drug-likeness (QED) is 0.205. The van der Waals surface area contributed by atoms with Crippen molar-refractivity contribution in [1.29, 1.82) is 5.26 Å². The number of piperidine rings is 1. The Morgan fingerprint density at radius 1 is 1.06 bits per heavy atom. The number of benzene rings is 3.